The van der Waals surface area contributed by atoms with Gasteiger partial charge in [0.25, 0.3) is 0 Å². The Morgan fingerprint density at radius 3 is 2.68 bits per heavy atom. The zero-order valence-corrected chi connectivity index (χ0v) is 12.9. The molecule has 0 radical (unpaired) electrons. The summed E-state index contributed by atoms with van der Waals surface area (Å²) in [5.41, 5.74) is 0. The van der Waals surface area contributed by atoms with E-state index in [1.165, 1.54) is 51.5 Å². The molecule has 1 aliphatic carbocycles. The lowest BCUT2D eigenvalue weighted by Gasteiger charge is -2.42. The van der Waals surface area contributed by atoms with Crippen LogP contribution in [0.15, 0.2) is 0 Å². The second-order valence-corrected chi connectivity index (χ2v) is 6.30. The molecule has 1 aliphatic heterocycles. The molecule has 3 heteroatoms. The van der Waals surface area contributed by atoms with Crippen molar-refractivity contribution in [3.63, 3.8) is 0 Å². The smallest absolute Gasteiger partial charge is 0.0674 e. The first-order valence-electron chi connectivity index (χ1n) is 8.40. The highest BCUT2D eigenvalue weighted by molar-refractivity contribution is 4.88. The fourth-order valence-electron chi connectivity index (χ4n) is 3.62. The van der Waals surface area contributed by atoms with E-state index in [2.05, 4.69) is 24.1 Å². The van der Waals surface area contributed by atoms with Crippen molar-refractivity contribution in [1.82, 2.24) is 10.2 Å². The van der Waals surface area contributed by atoms with Crippen molar-refractivity contribution < 1.29 is 4.74 Å². The number of hydrogen-bond donors (Lipinski definition) is 1. The Balaban J connectivity index is 1.96. The summed E-state index contributed by atoms with van der Waals surface area (Å²) in [5.74, 6) is 0. The SMILES string of the molecule is CCCNC1CCCCCCC1N1CCOC(C)C1. The maximum absolute atomic E-state index is 5.71. The van der Waals surface area contributed by atoms with E-state index in [1.54, 1.807) is 0 Å². The van der Waals surface area contributed by atoms with Crippen molar-refractivity contribution in [1.29, 1.82) is 0 Å². The average Bonchev–Trinajstić information content (AvgIpc) is 2.38. The van der Waals surface area contributed by atoms with Gasteiger partial charge in [0, 0.05) is 25.2 Å². The predicted octanol–water partition coefficient (Wildman–Crippen LogP) is 2.80. The van der Waals surface area contributed by atoms with Crippen LogP contribution in [0.5, 0.6) is 0 Å². The van der Waals surface area contributed by atoms with Crippen LogP contribution in [0, 0.1) is 0 Å². The number of nitrogens with one attached hydrogen (secondary N) is 1. The van der Waals surface area contributed by atoms with E-state index in [0.717, 1.165) is 25.7 Å². The molecule has 3 unspecified atom stereocenters. The van der Waals surface area contributed by atoms with E-state index in [1.807, 2.05) is 0 Å². The van der Waals surface area contributed by atoms with Crippen LogP contribution in [0.2, 0.25) is 0 Å². The number of nitrogens with zero attached hydrogens (tertiary/aromatic N) is 1. The van der Waals surface area contributed by atoms with Crippen LogP contribution in [0.1, 0.15) is 58.8 Å². The molecule has 19 heavy (non-hydrogen) atoms. The van der Waals surface area contributed by atoms with Gasteiger partial charge in [-0.1, -0.05) is 32.6 Å². The van der Waals surface area contributed by atoms with E-state index >= 15 is 0 Å². The van der Waals surface area contributed by atoms with Gasteiger partial charge in [0.15, 0.2) is 0 Å². The zero-order valence-electron chi connectivity index (χ0n) is 12.9. The number of rotatable bonds is 4. The highest BCUT2D eigenvalue weighted by atomic mass is 16.5. The summed E-state index contributed by atoms with van der Waals surface area (Å²) in [6.45, 7) is 8.80. The molecule has 1 N–H and O–H groups in total. The summed E-state index contributed by atoms with van der Waals surface area (Å²) >= 11 is 0. The lowest BCUT2D eigenvalue weighted by atomic mass is 9.90. The van der Waals surface area contributed by atoms with Crippen molar-refractivity contribution in [3.8, 4) is 0 Å². The lowest BCUT2D eigenvalue weighted by Crippen LogP contribution is -2.55. The van der Waals surface area contributed by atoms with Crippen LogP contribution < -0.4 is 5.32 Å². The van der Waals surface area contributed by atoms with Crippen molar-refractivity contribution in [2.24, 2.45) is 0 Å². The third kappa shape index (κ3) is 4.73. The Hall–Kier alpha value is -0.120. The first kappa shape index (κ1) is 15.3. The molecule has 2 aliphatic rings. The van der Waals surface area contributed by atoms with E-state index < -0.39 is 0 Å². The summed E-state index contributed by atoms with van der Waals surface area (Å²) in [7, 11) is 0. The van der Waals surface area contributed by atoms with Crippen LogP contribution in [0.25, 0.3) is 0 Å². The Morgan fingerprint density at radius 1 is 1.16 bits per heavy atom. The molecule has 112 valence electrons. The number of morpholine rings is 1. The van der Waals surface area contributed by atoms with E-state index in [0.29, 0.717) is 12.1 Å². The highest BCUT2D eigenvalue weighted by Crippen LogP contribution is 2.23. The molecule has 1 saturated heterocycles. The minimum atomic E-state index is 0.408. The van der Waals surface area contributed by atoms with E-state index in [-0.39, 0.29) is 0 Å². The van der Waals surface area contributed by atoms with Crippen LogP contribution in [-0.2, 0) is 4.74 Å². The molecular formula is C16H32N2O. The van der Waals surface area contributed by atoms with Crippen molar-refractivity contribution in [3.05, 3.63) is 0 Å². The molecule has 0 aromatic rings. The topological polar surface area (TPSA) is 24.5 Å². The van der Waals surface area contributed by atoms with E-state index in [9.17, 15) is 0 Å². The maximum Gasteiger partial charge on any atom is 0.0674 e. The number of ether oxygens (including phenoxy) is 1. The molecule has 0 aromatic carbocycles. The fourth-order valence-corrected chi connectivity index (χ4v) is 3.62. The van der Waals surface area contributed by atoms with Gasteiger partial charge in [-0.15, -0.1) is 0 Å². The van der Waals surface area contributed by atoms with Gasteiger partial charge in [-0.25, -0.2) is 0 Å². The Morgan fingerprint density at radius 2 is 1.95 bits per heavy atom. The molecule has 3 atom stereocenters. The Labute approximate surface area is 119 Å². The number of hydrogen-bond acceptors (Lipinski definition) is 3. The fraction of sp³-hybridized carbons (Fsp3) is 1.00. The largest absolute Gasteiger partial charge is 0.376 e. The average molecular weight is 268 g/mol. The normalized spacial score (nSPS) is 34.7. The second kappa shape index (κ2) is 8.23. The monoisotopic (exact) mass is 268 g/mol. The molecule has 0 spiro atoms. The van der Waals surface area contributed by atoms with Crippen molar-refractivity contribution in [2.75, 3.05) is 26.2 Å². The quantitative estimate of drug-likeness (QED) is 0.848. The van der Waals surface area contributed by atoms with Gasteiger partial charge in [0.1, 0.15) is 0 Å². The minimum Gasteiger partial charge on any atom is -0.376 e. The van der Waals surface area contributed by atoms with Gasteiger partial charge in [-0.05, 0) is 32.7 Å². The van der Waals surface area contributed by atoms with Gasteiger partial charge in [0.2, 0.25) is 0 Å². The summed E-state index contributed by atoms with van der Waals surface area (Å²) < 4.78 is 5.71. The standard InChI is InChI=1S/C16H32N2O/c1-3-10-17-15-8-6-4-5-7-9-16(15)18-11-12-19-14(2)13-18/h14-17H,3-13H2,1-2H3. The van der Waals surface area contributed by atoms with E-state index in [4.69, 9.17) is 4.74 Å². The molecule has 2 fully saturated rings. The summed E-state index contributed by atoms with van der Waals surface area (Å²) in [5, 5.41) is 3.82. The minimum absolute atomic E-state index is 0.408. The van der Waals surface area contributed by atoms with Gasteiger partial charge >= 0.3 is 0 Å². The van der Waals surface area contributed by atoms with Gasteiger partial charge in [-0.2, -0.15) is 0 Å². The van der Waals surface area contributed by atoms with Crippen LogP contribution in [-0.4, -0.2) is 49.3 Å². The summed E-state index contributed by atoms with van der Waals surface area (Å²) in [4.78, 5) is 2.70. The van der Waals surface area contributed by atoms with Crippen LogP contribution in [0.4, 0.5) is 0 Å². The predicted molar refractivity (Wildman–Crippen MR) is 80.6 cm³/mol. The van der Waals surface area contributed by atoms with Crippen molar-refractivity contribution >= 4 is 0 Å². The molecule has 2 rings (SSSR count). The third-order valence-electron chi connectivity index (χ3n) is 4.63. The molecular weight excluding hydrogens is 236 g/mol. The first-order valence-corrected chi connectivity index (χ1v) is 8.40. The molecule has 0 bridgehead atoms. The van der Waals surface area contributed by atoms with Crippen LogP contribution >= 0.6 is 0 Å². The Bertz CT molecular complexity index is 245. The first-order chi connectivity index (χ1) is 9.31. The molecule has 1 heterocycles. The lowest BCUT2D eigenvalue weighted by molar-refractivity contribution is -0.0427. The Kier molecular flexibility index (Phi) is 6.62. The van der Waals surface area contributed by atoms with Gasteiger partial charge in [0.05, 0.1) is 12.7 Å². The molecule has 0 amide bonds. The maximum atomic E-state index is 5.71. The van der Waals surface area contributed by atoms with Gasteiger partial charge in [-0.3, -0.25) is 4.90 Å². The summed E-state index contributed by atoms with van der Waals surface area (Å²) in [6, 6.07) is 1.43. The molecule has 3 nitrogen and oxygen atoms in total. The molecule has 1 saturated carbocycles. The third-order valence-corrected chi connectivity index (χ3v) is 4.63. The zero-order chi connectivity index (χ0) is 13.5. The molecule has 0 aromatic heterocycles. The van der Waals surface area contributed by atoms with Crippen molar-refractivity contribution in [2.45, 2.75) is 77.0 Å². The van der Waals surface area contributed by atoms with Crippen LogP contribution in [0.3, 0.4) is 0 Å². The second-order valence-electron chi connectivity index (χ2n) is 6.30. The summed E-state index contributed by atoms with van der Waals surface area (Å²) in [6.07, 6.45) is 10.0. The van der Waals surface area contributed by atoms with Gasteiger partial charge < -0.3 is 10.1 Å². The highest BCUT2D eigenvalue weighted by Gasteiger charge is 2.30.